The summed E-state index contributed by atoms with van der Waals surface area (Å²) in [5, 5.41) is 0. The van der Waals surface area contributed by atoms with Gasteiger partial charge in [0.25, 0.3) is 0 Å². The van der Waals surface area contributed by atoms with E-state index in [1.165, 1.54) is 0 Å². The van der Waals surface area contributed by atoms with Crippen LogP contribution in [0.25, 0.3) is 44.9 Å². The van der Waals surface area contributed by atoms with Crippen LogP contribution in [-0.4, -0.2) is 26.2 Å². The highest BCUT2D eigenvalue weighted by Gasteiger charge is 2.19. The van der Waals surface area contributed by atoms with Crippen molar-refractivity contribution in [3.63, 3.8) is 0 Å². The Bertz CT molecular complexity index is 1870. The van der Waals surface area contributed by atoms with E-state index in [0.717, 1.165) is 62.3 Å². The maximum absolute atomic E-state index is 5.13. The molecule has 208 valence electrons. The van der Waals surface area contributed by atoms with Crippen LogP contribution >= 0.6 is 0 Å². The van der Waals surface area contributed by atoms with Gasteiger partial charge in [0.15, 0.2) is 5.82 Å². The molecule has 5 aromatic rings. The second kappa shape index (κ2) is 13.0. The van der Waals surface area contributed by atoms with Gasteiger partial charge in [-0.2, -0.15) is 0 Å². The van der Waals surface area contributed by atoms with Crippen molar-refractivity contribution >= 4 is 17.4 Å². The molecule has 1 aliphatic rings. The van der Waals surface area contributed by atoms with Crippen molar-refractivity contribution in [1.82, 2.24) is 19.9 Å². The fourth-order valence-corrected chi connectivity index (χ4v) is 5.22. The van der Waals surface area contributed by atoms with Gasteiger partial charge in [-0.05, 0) is 64.9 Å². The molecular weight excluding hydrogens is 526 g/mol. The van der Waals surface area contributed by atoms with E-state index in [0.29, 0.717) is 5.82 Å². The van der Waals surface area contributed by atoms with Crippen LogP contribution in [0.3, 0.4) is 0 Å². The molecule has 0 amide bonds. The summed E-state index contributed by atoms with van der Waals surface area (Å²) in [4.78, 5) is 23.0. The second-order valence-corrected chi connectivity index (χ2v) is 10.2. The second-order valence-electron chi connectivity index (χ2n) is 10.2. The van der Waals surface area contributed by atoms with Crippen molar-refractivity contribution in [1.29, 1.82) is 0 Å². The van der Waals surface area contributed by atoms with Crippen LogP contribution in [0, 0.1) is 0 Å². The maximum atomic E-state index is 5.13. The topological polar surface area (TPSA) is 63.9 Å². The zero-order chi connectivity index (χ0) is 29.4. The number of benzene rings is 3. The Kier molecular flexibility index (Phi) is 8.32. The number of aliphatic imine (C=N–C) groups is 1. The maximum Gasteiger partial charge on any atom is 0.160 e. The van der Waals surface area contributed by atoms with E-state index in [4.69, 9.17) is 9.97 Å². The summed E-state index contributed by atoms with van der Waals surface area (Å²) in [6, 6.07) is 29.3. The molecule has 0 N–H and O–H groups in total. The number of hydrogen-bond donors (Lipinski definition) is 0. The molecule has 2 aromatic heterocycles. The molecule has 43 heavy (non-hydrogen) atoms. The standard InChI is InChI=1S/C38H31N5/c1-3-27(23-39-4-2)29-13-10-18-34(21-29)38-42-36(32-16-8-14-30(19-32)28-11-6-5-7-12-28)22-37(43-38)33-17-9-15-31(20-33)35-24-40-26-41-25-35/h3-19,21-26,31H,1,20H2,2H3/b27-23+,39-4?. The van der Waals surface area contributed by atoms with E-state index in [2.05, 4.69) is 113 Å². The van der Waals surface area contributed by atoms with Crippen LogP contribution in [0.1, 0.15) is 36.1 Å². The number of allylic oxidation sites excluding steroid dienone is 6. The van der Waals surface area contributed by atoms with Crippen LogP contribution in [0.15, 0.2) is 146 Å². The Hall–Kier alpha value is -5.55. The zero-order valence-corrected chi connectivity index (χ0v) is 24.0. The van der Waals surface area contributed by atoms with Gasteiger partial charge in [0.05, 0.1) is 11.4 Å². The van der Waals surface area contributed by atoms with Gasteiger partial charge >= 0.3 is 0 Å². The van der Waals surface area contributed by atoms with E-state index in [1.807, 2.05) is 43.7 Å². The largest absolute Gasteiger partial charge is 0.269 e. The molecule has 5 heteroatoms. The van der Waals surface area contributed by atoms with E-state index in [9.17, 15) is 0 Å². The number of rotatable bonds is 8. The Morgan fingerprint density at radius 1 is 0.814 bits per heavy atom. The highest BCUT2D eigenvalue weighted by Crippen LogP contribution is 2.35. The summed E-state index contributed by atoms with van der Waals surface area (Å²) in [6.07, 6.45) is 18.0. The molecule has 0 aliphatic heterocycles. The number of aromatic nitrogens is 4. The third kappa shape index (κ3) is 6.36. The highest BCUT2D eigenvalue weighted by atomic mass is 14.9. The quantitative estimate of drug-likeness (QED) is 0.141. The Balaban J connectivity index is 1.46. The monoisotopic (exact) mass is 557 g/mol. The van der Waals surface area contributed by atoms with Crippen molar-refractivity contribution in [2.75, 3.05) is 0 Å². The third-order valence-corrected chi connectivity index (χ3v) is 7.45. The van der Waals surface area contributed by atoms with E-state index < -0.39 is 0 Å². The van der Waals surface area contributed by atoms with E-state index >= 15 is 0 Å². The van der Waals surface area contributed by atoms with Crippen LogP contribution < -0.4 is 0 Å². The minimum absolute atomic E-state index is 0.173. The first-order valence-electron chi connectivity index (χ1n) is 14.3. The smallest absolute Gasteiger partial charge is 0.160 e. The van der Waals surface area contributed by atoms with Crippen molar-refractivity contribution in [3.05, 3.63) is 158 Å². The normalized spacial score (nSPS) is 15.0. The molecule has 0 bridgehead atoms. The van der Waals surface area contributed by atoms with Crippen molar-refractivity contribution in [3.8, 4) is 33.8 Å². The molecule has 1 atom stereocenters. The first-order valence-corrected chi connectivity index (χ1v) is 14.3. The van der Waals surface area contributed by atoms with Crippen LogP contribution in [0.5, 0.6) is 0 Å². The molecule has 0 radical (unpaired) electrons. The summed E-state index contributed by atoms with van der Waals surface area (Å²) in [5.74, 6) is 0.837. The third-order valence-electron chi connectivity index (χ3n) is 7.45. The highest BCUT2D eigenvalue weighted by molar-refractivity contribution is 5.79. The minimum Gasteiger partial charge on any atom is -0.269 e. The van der Waals surface area contributed by atoms with Crippen LogP contribution in [0.2, 0.25) is 0 Å². The lowest BCUT2D eigenvalue weighted by atomic mass is 9.88. The zero-order valence-electron chi connectivity index (χ0n) is 24.0. The Morgan fingerprint density at radius 2 is 1.56 bits per heavy atom. The van der Waals surface area contributed by atoms with Gasteiger partial charge in [0.2, 0.25) is 0 Å². The molecule has 0 fully saturated rings. The fourth-order valence-electron chi connectivity index (χ4n) is 5.22. The molecule has 6 rings (SSSR count). The molecule has 0 saturated carbocycles. The average molecular weight is 558 g/mol. The molecule has 1 aliphatic carbocycles. The number of nitrogens with zero attached hydrogens (tertiary/aromatic N) is 5. The fraction of sp³-hybridized carbons (Fsp3) is 0.0789. The van der Waals surface area contributed by atoms with Crippen LogP contribution in [0.4, 0.5) is 0 Å². The lowest BCUT2D eigenvalue weighted by Crippen LogP contribution is -2.05. The number of hydrogen-bond acceptors (Lipinski definition) is 5. The average Bonchev–Trinajstić information content (AvgIpc) is 3.09. The first kappa shape index (κ1) is 27.6. The molecule has 5 nitrogen and oxygen atoms in total. The molecule has 0 saturated heterocycles. The first-order chi connectivity index (χ1) is 21.2. The summed E-state index contributed by atoms with van der Waals surface area (Å²) >= 11 is 0. The Labute approximate surface area is 252 Å². The molecule has 0 spiro atoms. The van der Waals surface area contributed by atoms with Crippen molar-refractivity contribution in [2.24, 2.45) is 4.99 Å². The molecule has 3 aromatic carbocycles. The summed E-state index contributed by atoms with van der Waals surface area (Å²) in [6.45, 7) is 5.89. The molecular formula is C38H31N5. The van der Waals surface area contributed by atoms with Gasteiger partial charge in [0.1, 0.15) is 6.33 Å². The van der Waals surface area contributed by atoms with Gasteiger partial charge < -0.3 is 0 Å². The SMILES string of the molecule is C=C/C(=C\N=CC)c1cccc(-c2nc(C3=CC=CC(c4cncnc4)C3)cc(-c3cccc(-c4ccccc4)c3)n2)c1. The van der Waals surface area contributed by atoms with Crippen LogP contribution in [-0.2, 0) is 0 Å². The van der Waals surface area contributed by atoms with E-state index in [-0.39, 0.29) is 5.92 Å². The van der Waals surface area contributed by atoms with Gasteiger partial charge in [-0.15, -0.1) is 0 Å². The van der Waals surface area contributed by atoms with Gasteiger partial charge in [-0.25, -0.2) is 19.9 Å². The van der Waals surface area contributed by atoms with Gasteiger partial charge in [-0.1, -0.05) is 97.6 Å². The summed E-state index contributed by atoms with van der Waals surface area (Å²) in [7, 11) is 0. The molecule has 2 heterocycles. The minimum atomic E-state index is 0.173. The molecule has 1 unspecified atom stereocenters. The predicted molar refractivity (Wildman–Crippen MR) is 177 cm³/mol. The van der Waals surface area contributed by atoms with Gasteiger partial charge in [-0.3, -0.25) is 4.99 Å². The summed E-state index contributed by atoms with van der Waals surface area (Å²) < 4.78 is 0. The van der Waals surface area contributed by atoms with Crippen molar-refractivity contribution in [2.45, 2.75) is 19.3 Å². The predicted octanol–water partition coefficient (Wildman–Crippen LogP) is 9.01. The van der Waals surface area contributed by atoms with Crippen molar-refractivity contribution < 1.29 is 0 Å². The Morgan fingerprint density at radius 3 is 2.37 bits per heavy atom. The van der Waals surface area contributed by atoms with Gasteiger partial charge in [0, 0.05) is 41.9 Å². The van der Waals surface area contributed by atoms with E-state index in [1.54, 1.807) is 12.5 Å². The lowest BCUT2D eigenvalue weighted by molar-refractivity contribution is 0.844. The summed E-state index contributed by atoms with van der Waals surface area (Å²) in [5.41, 5.74) is 10.2. The lowest BCUT2D eigenvalue weighted by Gasteiger charge is -2.19.